The highest BCUT2D eigenvalue weighted by molar-refractivity contribution is 5.81. The molecule has 0 spiro atoms. The highest BCUT2D eigenvalue weighted by atomic mass is 16.2. The van der Waals surface area contributed by atoms with Crippen LogP contribution in [0.2, 0.25) is 0 Å². The van der Waals surface area contributed by atoms with Crippen molar-refractivity contribution in [2.24, 2.45) is 0 Å². The Labute approximate surface area is 174 Å². The van der Waals surface area contributed by atoms with Crippen LogP contribution in [0.1, 0.15) is 18.9 Å². The molecule has 3 aromatic rings. The molecule has 1 aliphatic rings. The van der Waals surface area contributed by atoms with Crippen molar-refractivity contribution in [2.45, 2.75) is 39.0 Å². The molecule has 1 amide bonds. The smallest absolute Gasteiger partial charge is 0.331 e. The summed E-state index contributed by atoms with van der Waals surface area (Å²) in [5.41, 5.74) is 0.976. The fraction of sp³-hybridized carbons (Fsp3) is 0.348. The lowest BCUT2D eigenvalue weighted by atomic mass is 10.2. The van der Waals surface area contributed by atoms with Gasteiger partial charge in [-0.2, -0.15) is 0 Å². The van der Waals surface area contributed by atoms with E-state index in [4.69, 9.17) is 0 Å². The third-order valence-corrected chi connectivity index (χ3v) is 5.64. The van der Waals surface area contributed by atoms with Gasteiger partial charge in [0, 0.05) is 32.2 Å². The molecule has 0 bridgehead atoms. The second-order valence-electron chi connectivity index (χ2n) is 7.71. The zero-order valence-electron chi connectivity index (χ0n) is 17.1. The SMILES string of the molecule is CCn1c(=O)c2ccccc2n(CC(=O)N[C@@H]2CCN(Cc3ccccc3)C2)c1=O. The Morgan fingerprint density at radius 3 is 2.53 bits per heavy atom. The molecule has 1 aromatic heterocycles. The molecule has 1 saturated heterocycles. The number of aromatic nitrogens is 2. The first-order chi connectivity index (χ1) is 14.6. The maximum atomic E-state index is 12.8. The highest BCUT2D eigenvalue weighted by Crippen LogP contribution is 2.14. The monoisotopic (exact) mass is 406 g/mol. The van der Waals surface area contributed by atoms with Gasteiger partial charge in [-0.15, -0.1) is 0 Å². The number of nitrogens with zero attached hydrogens (tertiary/aromatic N) is 3. The molecule has 1 atom stereocenters. The van der Waals surface area contributed by atoms with E-state index in [0.717, 1.165) is 26.1 Å². The van der Waals surface area contributed by atoms with Crippen molar-refractivity contribution in [3.63, 3.8) is 0 Å². The summed E-state index contributed by atoms with van der Waals surface area (Å²) >= 11 is 0. The van der Waals surface area contributed by atoms with Crippen LogP contribution in [0.3, 0.4) is 0 Å². The van der Waals surface area contributed by atoms with E-state index in [0.29, 0.717) is 10.9 Å². The van der Waals surface area contributed by atoms with Gasteiger partial charge in [0.25, 0.3) is 5.56 Å². The Hall–Kier alpha value is -3.19. The largest absolute Gasteiger partial charge is 0.350 e. The van der Waals surface area contributed by atoms with E-state index in [9.17, 15) is 14.4 Å². The Balaban J connectivity index is 1.47. The predicted octanol–water partition coefficient (Wildman–Crippen LogP) is 1.57. The molecule has 4 rings (SSSR count). The molecular weight excluding hydrogens is 380 g/mol. The maximum Gasteiger partial charge on any atom is 0.331 e. The third kappa shape index (κ3) is 4.07. The number of amides is 1. The maximum absolute atomic E-state index is 12.8. The third-order valence-electron chi connectivity index (χ3n) is 5.64. The van der Waals surface area contributed by atoms with E-state index >= 15 is 0 Å². The van der Waals surface area contributed by atoms with E-state index in [1.165, 1.54) is 14.7 Å². The number of carbonyl (C=O) groups excluding carboxylic acids is 1. The first kappa shape index (κ1) is 20.1. The van der Waals surface area contributed by atoms with E-state index in [2.05, 4.69) is 22.3 Å². The van der Waals surface area contributed by atoms with Gasteiger partial charge >= 0.3 is 5.69 Å². The van der Waals surface area contributed by atoms with E-state index in [1.54, 1.807) is 31.2 Å². The van der Waals surface area contributed by atoms with E-state index in [-0.39, 0.29) is 30.6 Å². The summed E-state index contributed by atoms with van der Waals surface area (Å²) in [5, 5.41) is 3.51. The van der Waals surface area contributed by atoms with Crippen LogP contribution < -0.4 is 16.6 Å². The van der Waals surface area contributed by atoms with Crippen molar-refractivity contribution < 1.29 is 4.79 Å². The van der Waals surface area contributed by atoms with Crippen LogP contribution in [0.5, 0.6) is 0 Å². The van der Waals surface area contributed by atoms with Gasteiger partial charge in [-0.1, -0.05) is 42.5 Å². The second kappa shape index (κ2) is 8.67. The van der Waals surface area contributed by atoms with Crippen molar-refractivity contribution in [1.29, 1.82) is 0 Å². The molecule has 7 nitrogen and oxygen atoms in total. The minimum Gasteiger partial charge on any atom is -0.350 e. The number of para-hydroxylation sites is 1. The molecule has 1 aliphatic heterocycles. The molecule has 1 N–H and O–H groups in total. The molecule has 2 heterocycles. The molecule has 1 fully saturated rings. The van der Waals surface area contributed by atoms with Crippen LogP contribution >= 0.6 is 0 Å². The van der Waals surface area contributed by atoms with E-state index in [1.807, 2.05) is 18.2 Å². The minimum absolute atomic E-state index is 0.0558. The summed E-state index contributed by atoms with van der Waals surface area (Å²) in [6, 6.07) is 17.3. The van der Waals surface area contributed by atoms with Gasteiger partial charge in [-0.25, -0.2) is 4.79 Å². The standard InChI is InChI=1S/C23H26N4O3/c1-2-26-22(29)19-10-6-7-11-20(19)27(23(26)30)16-21(28)24-18-12-13-25(15-18)14-17-8-4-3-5-9-17/h3-11,18H,2,12-16H2,1H3,(H,24,28)/t18-/m1/s1. The van der Waals surface area contributed by atoms with Crippen LogP contribution in [-0.4, -0.2) is 39.1 Å². The molecule has 0 unspecified atom stereocenters. The summed E-state index contributed by atoms with van der Waals surface area (Å²) in [7, 11) is 0. The number of hydrogen-bond donors (Lipinski definition) is 1. The van der Waals surface area contributed by atoms with E-state index < -0.39 is 5.69 Å². The molecule has 0 aliphatic carbocycles. The zero-order chi connectivity index (χ0) is 21.1. The van der Waals surface area contributed by atoms with Crippen molar-refractivity contribution in [3.05, 3.63) is 81.0 Å². The van der Waals surface area contributed by atoms with Gasteiger partial charge in [0.05, 0.1) is 10.9 Å². The van der Waals surface area contributed by atoms with Gasteiger partial charge in [-0.05, 0) is 31.0 Å². The van der Waals surface area contributed by atoms with Gasteiger partial charge in [0.1, 0.15) is 6.54 Å². The number of nitrogens with one attached hydrogen (secondary N) is 1. The lowest BCUT2D eigenvalue weighted by Crippen LogP contribution is -2.44. The number of carbonyl (C=O) groups is 1. The Morgan fingerprint density at radius 1 is 1.03 bits per heavy atom. The lowest BCUT2D eigenvalue weighted by molar-refractivity contribution is -0.122. The van der Waals surface area contributed by atoms with Gasteiger partial charge in [0.2, 0.25) is 5.91 Å². The molecular formula is C23H26N4O3. The molecule has 2 aromatic carbocycles. The molecule has 0 saturated carbocycles. The van der Waals surface area contributed by atoms with Crippen LogP contribution in [0.15, 0.2) is 64.2 Å². The summed E-state index contributed by atoms with van der Waals surface area (Å²) in [4.78, 5) is 40.4. The normalized spacial score (nSPS) is 16.8. The molecule has 30 heavy (non-hydrogen) atoms. The highest BCUT2D eigenvalue weighted by Gasteiger charge is 2.24. The van der Waals surface area contributed by atoms with Crippen LogP contribution in [0.4, 0.5) is 0 Å². The van der Waals surface area contributed by atoms with Crippen molar-refractivity contribution in [1.82, 2.24) is 19.4 Å². The Kier molecular flexibility index (Phi) is 5.81. The summed E-state index contributed by atoms with van der Waals surface area (Å²) < 4.78 is 2.57. The van der Waals surface area contributed by atoms with Crippen LogP contribution in [0.25, 0.3) is 10.9 Å². The lowest BCUT2D eigenvalue weighted by Gasteiger charge is -2.18. The van der Waals surface area contributed by atoms with Gasteiger partial charge < -0.3 is 5.32 Å². The quantitative estimate of drug-likeness (QED) is 0.674. The Morgan fingerprint density at radius 2 is 1.77 bits per heavy atom. The first-order valence-corrected chi connectivity index (χ1v) is 10.3. The molecule has 7 heteroatoms. The van der Waals surface area contributed by atoms with Crippen molar-refractivity contribution in [2.75, 3.05) is 13.1 Å². The Bertz CT molecular complexity index is 1170. The number of hydrogen-bond acceptors (Lipinski definition) is 4. The summed E-state index contributed by atoms with van der Waals surface area (Å²) in [6.07, 6.45) is 0.878. The predicted molar refractivity (Wildman–Crippen MR) is 116 cm³/mol. The number of benzene rings is 2. The zero-order valence-corrected chi connectivity index (χ0v) is 17.1. The molecule has 156 valence electrons. The fourth-order valence-electron chi connectivity index (χ4n) is 4.16. The van der Waals surface area contributed by atoms with Gasteiger partial charge in [0.15, 0.2) is 0 Å². The topological polar surface area (TPSA) is 76.3 Å². The summed E-state index contributed by atoms with van der Waals surface area (Å²) in [6.45, 7) is 4.48. The van der Waals surface area contributed by atoms with Crippen LogP contribution in [0, 0.1) is 0 Å². The minimum atomic E-state index is -0.450. The number of likely N-dealkylation sites (tertiary alicyclic amines) is 1. The van der Waals surface area contributed by atoms with Gasteiger partial charge in [-0.3, -0.25) is 23.6 Å². The average molecular weight is 406 g/mol. The number of rotatable bonds is 6. The average Bonchev–Trinajstić information content (AvgIpc) is 3.19. The summed E-state index contributed by atoms with van der Waals surface area (Å²) in [5.74, 6) is -0.213. The second-order valence-corrected chi connectivity index (χ2v) is 7.71. The fourth-order valence-corrected chi connectivity index (χ4v) is 4.16. The van der Waals surface area contributed by atoms with Crippen molar-refractivity contribution in [3.8, 4) is 0 Å². The van der Waals surface area contributed by atoms with Crippen LogP contribution in [-0.2, 0) is 24.4 Å². The van der Waals surface area contributed by atoms with Crippen molar-refractivity contribution >= 4 is 16.8 Å². The number of fused-ring (bicyclic) bond motifs is 1. The first-order valence-electron chi connectivity index (χ1n) is 10.3. The molecule has 0 radical (unpaired) electrons.